The number of benzene rings is 1. The molecule has 0 radical (unpaired) electrons. The van der Waals surface area contributed by atoms with E-state index in [-0.39, 0.29) is 5.91 Å². The van der Waals surface area contributed by atoms with Gasteiger partial charge in [-0.15, -0.1) is 0 Å². The molecule has 1 aromatic carbocycles. The number of rotatable bonds is 5. The molecule has 1 heterocycles. The molecular weight excluding hydrogens is 402 g/mol. The van der Waals surface area contributed by atoms with Crippen molar-refractivity contribution in [3.63, 3.8) is 0 Å². The molecule has 4 rings (SSSR count). The second-order valence-corrected chi connectivity index (χ2v) is 10.2. The van der Waals surface area contributed by atoms with E-state index in [4.69, 9.17) is 4.99 Å². The summed E-state index contributed by atoms with van der Waals surface area (Å²) in [7, 11) is 4.09. The first-order chi connectivity index (χ1) is 15.1. The molecule has 0 atom stereocenters. The van der Waals surface area contributed by atoms with Gasteiger partial charge in [-0.1, -0.05) is 62.8 Å². The van der Waals surface area contributed by atoms with Gasteiger partial charge in [0, 0.05) is 25.8 Å². The molecule has 0 spiro atoms. The molecule has 2 aliphatic carbocycles. The molecule has 5 heteroatoms. The van der Waals surface area contributed by atoms with Crippen LogP contribution in [0, 0.1) is 0 Å². The third-order valence-electron chi connectivity index (χ3n) is 6.59. The van der Waals surface area contributed by atoms with Gasteiger partial charge in [0.25, 0.3) is 5.91 Å². The van der Waals surface area contributed by atoms with Crippen LogP contribution in [0.4, 0.5) is 5.69 Å². The highest BCUT2D eigenvalue weighted by Crippen LogP contribution is 2.37. The minimum absolute atomic E-state index is 0.152. The maximum Gasteiger partial charge on any atom is 0.266 e. The lowest BCUT2D eigenvalue weighted by atomic mass is 9.94. The summed E-state index contributed by atoms with van der Waals surface area (Å²) in [6.07, 6.45) is 18.2. The molecule has 1 aliphatic heterocycles. The normalized spacial score (nSPS) is 24.1. The van der Waals surface area contributed by atoms with Crippen LogP contribution in [-0.4, -0.2) is 42.2 Å². The van der Waals surface area contributed by atoms with E-state index >= 15 is 0 Å². The van der Waals surface area contributed by atoms with Gasteiger partial charge in [0.2, 0.25) is 0 Å². The van der Waals surface area contributed by atoms with Gasteiger partial charge in [-0.3, -0.25) is 14.7 Å². The van der Waals surface area contributed by atoms with E-state index in [0.717, 1.165) is 28.5 Å². The van der Waals surface area contributed by atoms with Crippen LogP contribution in [0.15, 0.2) is 46.3 Å². The number of anilines is 1. The second-order valence-electron chi connectivity index (χ2n) is 9.15. The molecule has 1 saturated heterocycles. The SMILES string of the molecule is CN(C)c1ccc(C=CC=C2SC(=NC3CCCCC3)N(C3CCCCC3)C2=O)cc1. The van der Waals surface area contributed by atoms with Crippen LogP contribution >= 0.6 is 11.8 Å². The average molecular weight is 438 g/mol. The first-order valence-corrected chi connectivity index (χ1v) is 12.7. The molecule has 1 aromatic rings. The van der Waals surface area contributed by atoms with Crippen LogP contribution < -0.4 is 4.90 Å². The van der Waals surface area contributed by atoms with Gasteiger partial charge in [0.1, 0.15) is 0 Å². The number of carbonyl (C=O) groups is 1. The Morgan fingerprint density at radius 1 is 0.968 bits per heavy atom. The van der Waals surface area contributed by atoms with E-state index in [1.54, 1.807) is 11.8 Å². The lowest BCUT2D eigenvalue weighted by Crippen LogP contribution is -2.41. The number of allylic oxidation sites excluding steroid dienone is 2. The third-order valence-corrected chi connectivity index (χ3v) is 7.61. The van der Waals surface area contributed by atoms with Gasteiger partial charge >= 0.3 is 0 Å². The fraction of sp³-hybridized carbons (Fsp3) is 0.538. The van der Waals surface area contributed by atoms with E-state index < -0.39 is 0 Å². The minimum atomic E-state index is 0.152. The van der Waals surface area contributed by atoms with Crippen molar-refractivity contribution in [1.82, 2.24) is 4.90 Å². The summed E-state index contributed by atoms with van der Waals surface area (Å²) in [5.41, 5.74) is 2.32. The Labute approximate surface area is 191 Å². The van der Waals surface area contributed by atoms with E-state index in [2.05, 4.69) is 35.2 Å². The van der Waals surface area contributed by atoms with Crippen LogP contribution in [0.3, 0.4) is 0 Å². The topological polar surface area (TPSA) is 35.9 Å². The molecule has 166 valence electrons. The highest BCUT2D eigenvalue weighted by atomic mass is 32.2. The molecule has 3 fully saturated rings. The maximum absolute atomic E-state index is 13.3. The molecular formula is C26H35N3OS. The van der Waals surface area contributed by atoms with Crippen molar-refractivity contribution >= 4 is 34.6 Å². The second kappa shape index (κ2) is 10.5. The first-order valence-electron chi connectivity index (χ1n) is 11.9. The van der Waals surface area contributed by atoms with Gasteiger partial charge in [-0.2, -0.15) is 0 Å². The zero-order chi connectivity index (χ0) is 21.6. The number of thioether (sulfide) groups is 1. The van der Waals surface area contributed by atoms with Crippen molar-refractivity contribution in [2.45, 2.75) is 76.3 Å². The summed E-state index contributed by atoms with van der Waals surface area (Å²) in [5, 5.41) is 0.957. The molecule has 0 aromatic heterocycles. The van der Waals surface area contributed by atoms with Gasteiger partial charge in [0.05, 0.1) is 10.9 Å². The number of nitrogens with zero attached hydrogens (tertiary/aromatic N) is 3. The van der Waals surface area contributed by atoms with Crippen LogP contribution in [0.2, 0.25) is 0 Å². The number of carbonyl (C=O) groups excluding carboxylic acids is 1. The molecule has 0 bridgehead atoms. The number of aliphatic imine (C=N–C) groups is 1. The Hall–Kier alpha value is -2.01. The largest absolute Gasteiger partial charge is 0.378 e. The van der Waals surface area contributed by atoms with Gasteiger partial charge in [-0.25, -0.2) is 0 Å². The molecule has 4 nitrogen and oxygen atoms in total. The molecule has 2 saturated carbocycles. The van der Waals surface area contributed by atoms with Crippen molar-refractivity contribution in [2.75, 3.05) is 19.0 Å². The van der Waals surface area contributed by atoms with E-state index in [0.29, 0.717) is 12.1 Å². The van der Waals surface area contributed by atoms with Crippen molar-refractivity contribution in [3.8, 4) is 0 Å². The Bertz CT molecular complexity index is 844. The molecule has 0 N–H and O–H groups in total. The minimum Gasteiger partial charge on any atom is -0.378 e. The smallest absolute Gasteiger partial charge is 0.266 e. The summed E-state index contributed by atoms with van der Waals surface area (Å²) in [6.45, 7) is 0. The third kappa shape index (κ3) is 5.62. The van der Waals surface area contributed by atoms with Crippen molar-refractivity contribution in [1.29, 1.82) is 0 Å². The van der Waals surface area contributed by atoms with E-state index in [1.807, 2.05) is 31.1 Å². The zero-order valence-electron chi connectivity index (χ0n) is 18.9. The number of hydrogen-bond donors (Lipinski definition) is 0. The Morgan fingerprint density at radius 2 is 1.61 bits per heavy atom. The number of amides is 1. The fourth-order valence-corrected chi connectivity index (χ4v) is 5.81. The summed E-state index contributed by atoms with van der Waals surface area (Å²) >= 11 is 1.59. The van der Waals surface area contributed by atoms with E-state index in [1.165, 1.54) is 57.1 Å². The number of amidine groups is 1. The molecule has 0 unspecified atom stereocenters. The highest BCUT2D eigenvalue weighted by molar-refractivity contribution is 8.18. The first kappa shape index (κ1) is 22.2. The summed E-state index contributed by atoms with van der Waals surface area (Å²) in [4.78, 5) is 23.4. The fourth-order valence-electron chi connectivity index (χ4n) is 4.75. The zero-order valence-corrected chi connectivity index (χ0v) is 19.7. The predicted octanol–water partition coefficient (Wildman–Crippen LogP) is 6.25. The lowest BCUT2D eigenvalue weighted by Gasteiger charge is -2.31. The van der Waals surface area contributed by atoms with E-state index in [9.17, 15) is 4.79 Å². The summed E-state index contributed by atoms with van der Waals surface area (Å²) in [5.74, 6) is 0.152. The summed E-state index contributed by atoms with van der Waals surface area (Å²) < 4.78 is 0. The van der Waals surface area contributed by atoms with Gasteiger partial charge < -0.3 is 4.90 Å². The summed E-state index contributed by atoms with van der Waals surface area (Å²) in [6, 6.07) is 9.16. The van der Waals surface area contributed by atoms with Crippen LogP contribution in [0.1, 0.15) is 69.8 Å². The Morgan fingerprint density at radius 3 is 2.26 bits per heavy atom. The maximum atomic E-state index is 13.3. The standard InChI is InChI=1S/C26H35N3OS/c1-28(2)22-18-16-20(17-19-22)10-9-15-24-25(30)29(23-13-7-4-8-14-23)26(31-24)27-21-11-5-3-6-12-21/h9-10,15-19,21,23H,3-8,11-14H2,1-2H3. The Kier molecular flexibility index (Phi) is 7.54. The quantitative estimate of drug-likeness (QED) is 0.511. The highest BCUT2D eigenvalue weighted by Gasteiger charge is 2.38. The lowest BCUT2D eigenvalue weighted by molar-refractivity contribution is -0.124. The molecule has 1 amide bonds. The van der Waals surface area contributed by atoms with Crippen molar-refractivity contribution < 1.29 is 4.79 Å². The van der Waals surface area contributed by atoms with Crippen LogP contribution in [0.25, 0.3) is 6.08 Å². The predicted molar refractivity (Wildman–Crippen MR) is 134 cm³/mol. The monoisotopic (exact) mass is 437 g/mol. The van der Waals surface area contributed by atoms with Crippen LogP contribution in [0.5, 0.6) is 0 Å². The van der Waals surface area contributed by atoms with Crippen molar-refractivity contribution in [2.24, 2.45) is 4.99 Å². The average Bonchev–Trinajstić information content (AvgIpc) is 3.10. The number of hydrogen-bond acceptors (Lipinski definition) is 4. The molecule has 3 aliphatic rings. The Balaban J connectivity index is 1.51. The molecule has 31 heavy (non-hydrogen) atoms. The van der Waals surface area contributed by atoms with Crippen molar-refractivity contribution in [3.05, 3.63) is 46.9 Å². The van der Waals surface area contributed by atoms with Gasteiger partial charge in [-0.05, 0) is 61.2 Å². The van der Waals surface area contributed by atoms with Crippen LogP contribution in [-0.2, 0) is 4.79 Å². The van der Waals surface area contributed by atoms with Gasteiger partial charge in [0.15, 0.2) is 5.17 Å².